The zero-order valence-electron chi connectivity index (χ0n) is 16.0. The van der Waals surface area contributed by atoms with E-state index in [1.54, 1.807) is 66.9 Å². The SMILES string of the molecule is O=C(Nc1ccc(Oc2ccc(Cl)cc2)nc1)c1cccnc1Nc1cccc(F)c1. The Morgan fingerprint density at radius 3 is 2.52 bits per heavy atom. The molecule has 0 unspecified atom stereocenters. The summed E-state index contributed by atoms with van der Waals surface area (Å²) in [5.74, 6) is 0.493. The summed E-state index contributed by atoms with van der Waals surface area (Å²) >= 11 is 5.86. The Kier molecular flexibility index (Phi) is 6.05. The molecule has 0 saturated carbocycles. The highest BCUT2D eigenvalue weighted by molar-refractivity contribution is 6.30. The number of pyridine rings is 2. The normalized spacial score (nSPS) is 10.4. The van der Waals surface area contributed by atoms with Crippen LogP contribution in [0.1, 0.15) is 10.4 Å². The van der Waals surface area contributed by atoms with E-state index in [2.05, 4.69) is 20.6 Å². The lowest BCUT2D eigenvalue weighted by molar-refractivity contribution is 0.102. The van der Waals surface area contributed by atoms with Gasteiger partial charge in [0.05, 0.1) is 17.4 Å². The molecule has 0 radical (unpaired) electrons. The molecule has 4 rings (SSSR count). The standard InChI is InChI=1S/C23H16ClFN4O2/c24-15-6-9-19(10-7-15)31-21-11-8-18(14-27-21)29-23(30)20-5-2-12-26-22(20)28-17-4-1-3-16(25)13-17/h1-14H,(H,26,28)(H,29,30). The first-order valence-electron chi connectivity index (χ1n) is 9.25. The monoisotopic (exact) mass is 434 g/mol. The van der Waals surface area contributed by atoms with Gasteiger partial charge >= 0.3 is 0 Å². The summed E-state index contributed by atoms with van der Waals surface area (Å²) in [6.07, 6.45) is 3.03. The number of nitrogens with zero attached hydrogens (tertiary/aromatic N) is 2. The molecular weight excluding hydrogens is 419 g/mol. The molecule has 1 amide bonds. The second-order valence-electron chi connectivity index (χ2n) is 6.43. The highest BCUT2D eigenvalue weighted by Gasteiger charge is 2.13. The summed E-state index contributed by atoms with van der Waals surface area (Å²) in [5.41, 5.74) is 1.26. The molecule has 0 fully saturated rings. The zero-order chi connectivity index (χ0) is 21.6. The zero-order valence-corrected chi connectivity index (χ0v) is 16.8. The van der Waals surface area contributed by atoms with Crippen molar-refractivity contribution in [1.29, 1.82) is 0 Å². The van der Waals surface area contributed by atoms with Crippen molar-refractivity contribution in [3.63, 3.8) is 0 Å². The fraction of sp³-hybridized carbons (Fsp3) is 0. The van der Waals surface area contributed by atoms with Crippen LogP contribution < -0.4 is 15.4 Å². The maximum Gasteiger partial charge on any atom is 0.259 e. The van der Waals surface area contributed by atoms with E-state index < -0.39 is 0 Å². The van der Waals surface area contributed by atoms with Crippen molar-refractivity contribution in [2.24, 2.45) is 0 Å². The Morgan fingerprint density at radius 1 is 0.935 bits per heavy atom. The number of amides is 1. The van der Waals surface area contributed by atoms with Gasteiger partial charge in [0.25, 0.3) is 5.91 Å². The van der Waals surface area contributed by atoms with E-state index in [0.717, 1.165) is 0 Å². The number of benzene rings is 2. The van der Waals surface area contributed by atoms with Crippen LogP contribution in [0.5, 0.6) is 11.6 Å². The van der Waals surface area contributed by atoms with Gasteiger partial charge in [-0.05, 0) is 60.7 Å². The van der Waals surface area contributed by atoms with Crippen molar-refractivity contribution in [2.75, 3.05) is 10.6 Å². The predicted octanol–water partition coefficient (Wildman–Crippen LogP) is 6.06. The number of ether oxygens (including phenoxy) is 1. The van der Waals surface area contributed by atoms with Crippen LogP contribution in [-0.2, 0) is 0 Å². The Morgan fingerprint density at radius 2 is 1.77 bits per heavy atom. The van der Waals surface area contributed by atoms with Gasteiger partial charge in [-0.2, -0.15) is 0 Å². The first-order valence-corrected chi connectivity index (χ1v) is 9.63. The molecule has 0 atom stereocenters. The minimum absolute atomic E-state index is 0.299. The highest BCUT2D eigenvalue weighted by atomic mass is 35.5. The fourth-order valence-corrected chi connectivity index (χ4v) is 2.85. The Bertz CT molecular complexity index is 1200. The quantitative estimate of drug-likeness (QED) is 0.386. The number of hydrogen-bond acceptors (Lipinski definition) is 5. The second-order valence-corrected chi connectivity index (χ2v) is 6.87. The summed E-state index contributed by atoms with van der Waals surface area (Å²) in [7, 11) is 0. The van der Waals surface area contributed by atoms with Gasteiger partial charge in [-0.3, -0.25) is 4.79 Å². The second kappa shape index (κ2) is 9.23. The number of hydrogen-bond donors (Lipinski definition) is 2. The lowest BCUT2D eigenvalue weighted by atomic mass is 10.2. The first-order chi connectivity index (χ1) is 15.1. The van der Waals surface area contributed by atoms with Gasteiger partial charge < -0.3 is 15.4 Å². The van der Waals surface area contributed by atoms with Gasteiger partial charge in [0.15, 0.2) is 0 Å². The molecule has 6 nitrogen and oxygen atoms in total. The van der Waals surface area contributed by atoms with E-state index in [0.29, 0.717) is 39.4 Å². The smallest absolute Gasteiger partial charge is 0.259 e. The van der Waals surface area contributed by atoms with E-state index in [1.807, 2.05) is 0 Å². The maximum absolute atomic E-state index is 13.4. The summed E-state index contributed by atoms with van der Waals surface area (Å²) in [5, 5.41) is 6.34. The fourth-order valence-electron chi connectivity index (χ4n) is 2.73. The third kappa shape index (κ3) is 5.34. The van der Waals surface area contributed by atoms with Crippen LogP contribution in [-0.4, -0.2) is 15.9 Å². The minimum Gasteiger partial charge on any atom is -0.439 e. The molecule has 0 aliphatic heterocycles. The molecule has 2 aromatic heterocycles. The van der Waals surface area contributed by atoms with Gasteiger partial charge in [0, 0.05) is 23.0 Å². The van der Waals surface area contributed by atoms with E-state index in [9.17, 15) is 9.18 Å². The average Bonchev–Trinajstić information content (AvgIpc) is 2.77. The van der Waals surface area contributed by atoms with Crippen LogP contribution in [0.2, 0.25) is 5.02 Å². The largest absolute Gasteiger partial charge is 0.439 e. The van der Waals surface area contributed by atoms with Crippen molar-refractivity contribution in [1.82, 2.24) is 9.97 Å². The molecule has 4 aromatic rings. The number of anilines is 3. The van der Waals surface area contributed by atoms with Gasteiger partial charge in [0.1, 0.15) is 17.4 Å². The molecule has 2 N–H and O–H groups in total. The van der Waals surface area contributed by atoms with Crippen LogP contribution in [0.4, 0.5) is 21.6 Å². The number of carbonyl (C=O) groups excluding carboxylic acids is 1. The van der Waals surface area contributed by atoms with E-state index >= 15 is 0 Å². The Hall–Kier alpha value is -3.97. The molecule has 0 saturated heterocycles. The summed E-state index contributed by atoms with van der Waals surface area (Å²) in [6.45, 7) is 0. The topological polar surface area (TPSA) is 76.1 Å². The molecule has 2 heterocycles. The summed E-state index contributed by atoms with van der Waals surface area (Å²) in [6, 6.07) is 19.4. The lowest BCUT2D eigenvalue weighted by Gasteiger charge is -2.11. The van der Waals surface area contributed by atoms with Crippen LogP contribution in [0.25, 0.3) is 0 Å². The van der Waals surface area contributed by atoms with E-state index in [4.69, 9.17) is 16.3 Å². The Labute approximate surface area is 182 Å². The van der Waals surface area contributed by atoms with E-state index in [-0.39, 0.29) is 11.7 Å². The number of nitrogens with one attached hydrogen (secondary N) is 2. The minimum atomic E-state index is -0.390. The molecular formula is C23H16ClFN4O2. The lowest BCUT2D eigenvalue weighted by Crippen LogP contribution is -2.14. The molecule has 0 aliphatic rings. The number of rotatable bonds is 6. The average molecular weight is 435 g/mol. The molecule has 0 spiro atoms. The maximum atomic E-state index is 13.4. The van der Waals surface area contributed by atoms with Gasteiger partial charge in [-0.25, -0.2) is 14.4 Å². The van der Waals surface area contributed by atoms with Crippen molar-refractivity contribution in [3.05, 3.63) is 102 Å². The van der Waals surface area contributed by atoms with E-state index in [1.165, 1.54) is 18.3 Å². The molecule has 31 heavy (non-hydrogen) atoms. The predicted molar refractivity (Wildman–Crippen MR) is 118 cm³/mol. The third-order valence-corrected chi connectivity index (χ3v) is 4.42. The summed E-state index contributed by atoms with van der Waals surface area (Å²) in [4.78, 5) is 21.2. The third-order valence-electron chi connectivity index (χ3n) is 4.17. The van der Waals surface area contributed by atoms with Crippen molar-refractivity contribution in [3.8, 4) is 11.6 Å². The van der Waals surface area contributed by atoms with Gasteiger partial charge in [0.2, 0.25) is 5.88 Å². The van der Waals surface area contributed by atoms with Crippen molar-refractivity contribution >= 4 is 34.7 Å². The Balaban J connectivity index is 1.45. The molecule has 154 valence electrons. The number of aromatic nitrogens is 2. The van der Waals surface area contributed by atoms with Crippen molar-refractivity contribution < 1.29 is 13.9 Å². The highest BCUT2D eigenvalue weighted by Crippen LogP contribution is 2.23. The van der Waals surface area contributed by atoms with Gasteiger partial charge in [-0.15, -0.1) is 0 Å². The molecule has 2 aromatic carbocycles. The van der Waals surface area contributed by atoms with Crippen molar-refractivity contribution in [2.45, 2.75) is 0 Å². The van der Waals surface area contributed by atoms with Crippen LogP contribution in [0, 0.1) is 5.82 Å². The van der Waals surface area contributed by atoms with Crippen LogP contribution in [0.3, 0.4) is 0 Å². The van der Waals surface area contributed by atoms with Gasteiger partial charge in [-0.1, -0.05) is 17.7 Å². The number of halogens is 2. The van der Waals surface area contributed by atoms with Crippen LogP contribution >= 0.6 is 11.6 Å². The molecule has 0 bridgehead atoms. The molecule has 8 heteroatoms. The summed E-state index contributed by atoms with van der Waals surface area (Å²) < 4.78 is 19.1. The first kappa shape index (κ1) is 20.3. The number of carbonyl (C=O) groups is 1. The molecule has 0 aliphatic carbocycles. The van der Waals surface area contributed by atoms with Crippen LogP contribution in [0.15, 0.2) is 85.2 Å².